The molecule has 0 amide bonds. The largest absolute Gasteiger partial charge is 0.461 e. The Balaban J connectivity index is 1.53. The number of nitrogens with zero attached hydrogens (tertiary/aromatic N) is 4. The van der Waals surface area contributed by atoms with E-state index < -0.39 is 0 Å². The molecule has 0 fully saturated rings. The first-order chi connectivity index (χ1) is 12.8. The van der Waals surface area contributed by atoms with Gasteiger partial charge in [-0.15, -0.1) is 16.4 Å². The van der Waals surface area contributed by atoms with Gasteiger partial charge in [0.05, 0.1) is 11.3 Å². The second kappa shape index (κ2) is 9.14. The van der Waals surface area contributed by atoms with Gasteiger partial charge in [-0.3, -0.25) is 5.10 Å². The first kappa shape index (κ1) is 18.1. The Morgan fingerprint density at radius 2 is 2.27 bits per heavy atom. The second-order valence-corrected chi connectivity index (χ2v) is 6.73. The third kappa shape index (κ3) is 4.92. The minimum absolute atomic E-state index is 0.403. The molecule has 0 aliphatic heterocycles. The molecule has 0 saturated carbocycles. The number of hydrogen-bond donors (Lipinski definition) is 3. The summed E-state index contributed by atoms with van der Waals surface area (Å²) in [4.78, 5) is 14.7. The van der Waals surface area contributed by atoms with Crippen molar-refractivity contribution in [3.8, 4) is 11.6 Å². The van der Waals surface area contributed by atoms with E-state index in [9.17, 15) is 0 Å². The molecule has 26 heavy (non-hydrogen) atoms. The third-order valence-corrected chi connectivity index (χ3v) is 4.79. The summed E-state index contributed by atoms with van der Waals surface area (Å²) in [7, 11) is 0. The number of hydrogen-bond acceptors (Lipinski definition) is 6. The Morgan fingerprint density at radius 3 is 3.00 bits per heavy atom. The SMILES string of the molecule is CCNC(=NCc1nc(-c2ccco2)n[nH]1)NCCc1ncc(CC)s1. The van der Waals surface area contributed by atoms with Crippen LogP contribution in [0.2, 0.25) is 0 Å². The van der Waals surface area contributed by atoms with Crippen molar-refractivity contribution >= 4 is 17.3 Å². The van der Waals surface area contributed by atoms with Crippen LogP contribution in [-0.2, 0) is 19.4 Å². The van der Waals surface area contributed by atoms with E-state index in [4.69, 9.17) is 4.42 Å². The van der Waals surface area contributed by atoms with Crippen molar-refractivity contribution in [2.75, 3.05) is 13.1 Å². The fourth-order valence-corrected chi connectivity index (χ4v) is 3.15. The van der Waals surface area contributed by atoms with E-state index in [1.807, 2.05) is 25.3 Å². The lowest BCUT2D eigenvalue weighted by Gasteiger charge is -2.10. The molecule has 0 bridgehead atoms. The molecule has 138 valence electrons. The van der Waals surface area contributed by atoms with Crippen molar-refractivity contribution in [3.63, 3.8) is 0 Å². The minimum atomic E-state index is 0.403. The maximum atomic E-state index is 5.29. The maximum absolute atomic E-state index is 5.29. The smallest absolute Gasteiger partial charge is 0.216 e. The fourth-order valence-electron chi connectivity index (χ4n) is 2.29. The van der Waals surface area contributed by atoms with Gasteiger partial charge in [0, 0.05) is 30.6 Å². The summed E-state index contributed by atoms with van der Waals surface area (Å²) in [5.74, 6) is 2.60. The molecule has 3 heterocycles. The lowest BCUT2D eigenvalue weighted by Crippen LogP contribution is -2.38. The molecule has 0 radical (unpaired) electrons. The molecule has 0 saturated heterocycles. The van der Waals surface area contributed by atoms with Gasteiger partial charge in [0.25, 0.3) is 0 Å². The highest BCUT2D eigenvalue weighted by Gasteiger charge is 2.08. The number of nitrogens with one attached hydrogen (secondary N) is 3. The van der Waals surface area contributed by atoms with E-state index in [2.05, 4.69) is 42.7 Å². The summed E-state index contributed by atoms with van der Waals surface area (Å²) in [5.41, 5.74) is 0. The second-order valence-electron chi connectivity index (χ2n) is 5.53. The molecule has 0 aliphatic rings. The van der Waals surface area contributed by atoms with Gasteiger partial charge in [-0.2, -0.15) is 0 Å². The predicted molar refractivity (Wildman–Crippen MR) is 102 cm³/mol. The van der Waals surface area contributed by atoms with E-state index in [0.29, 0.717) is 24.0 Å². The molecule has 0 aliphatic carbocycles. The van der Waals surface area contributed by atoms with Gasteiger partial charge in [-0.1, -0.05) is 6.92 Å². The zero-order valence-electron chi connectivity index (χ0n) is 15.0. The van der Waals surface area contributed by atoms with E-state index in [0.717, 1.165) is 36.9 Å². The first-order valence-electron chi connectivity index (χ1n) is 8.69. The Hall–Kier alpha value is -2.68. The number of aryl methyl sites for hydroxylation is 1. The predicted octanol–water partition coefficient (Wildman–Crippen LogP) is 2.38. The van der Waals surface area contributed by atoms with Gasteiger partial charge >= 0.3 is 0 Å². The van der Waals surface area contributed by atoms with Crippen molar-refractivity contribution in [3.05, 3.63) is 40.3 Å². The van der Waals surface area contributed by atoms with E-state index in [1.54, 1.807) is 17.6 Å². The quantitative estimate of drug-likeness (QED) is 0.414. The molecule has 0 spiro atoms. The maximum Gasteiger partial charge on any atom is 0.216 e. The lowest BCUT2D eigenvalue weighted by molar-refractivity contribution is 0.577. The Kier molecular flexibility index (Phi) is 6.37. The van der Waals surface area contributed by atoms with Crippen LogP contribution in [0.15, 0.2) is 34.0 Å². The Morgan fingerprint density at radius 1 is 1.35 bits per heavy atom. The first-order valence-corrected chi connectivity index (χ1v) is 9.51. The normalized spacial score (nSPS) is 11.7. The number of aromatic nitrogens is 4. The fraction of sp³-hybridized carbons (Fsp3) is 0.412. The monoisotopic (exact) mass is 373 g/mol. The van der Waals surface area contributed by atoms with Crippen LogP contribution in [0.5, 0.6) is 0 Å². The van der Waals surface area contributed by atoms with Crippen LogP contribution in [0.3, 0.4) is 0 Å². The highest BCUT2D eigenvalue weighted by Crippen LogP contribution is 2.15. The van der Waals surface area contributed by atoms with Crippen LogP contribution >= 0.6 is 11.3 Å². The summed E-state index contributed by atoms with van der Waals surface area (Å²) >= 11 is 1.77. The van der Waals surface area contributed by atoms with Crippen molar-refractivity contribution in [2.24, 2.45) is 4.99 Å². The zero-order valence-corrected chi connectivity index (χ0v) is 15.8. The summed E-state index contributed by atoms with van der Waals surface area (Å²) in [6, 6.07) is 3.63. The molecular formula is C17H23N7OS. The molecule has 3 aromatic heterocycles. The number of rotatable bonds is 8. The van der Waals surface area contributed by atoms with Crippen molar-refractivity contribution in [1.82, 2.24) is 30.8 Å². The lowest BCUT2D eigenvalue weighted by atomic mass is 10.4. The standard InChI is InChI=1S/C17H23N7OS/c1-3-12-10-20-15(26-12)7-8-19-17(18-4-2)21-11-14-22-16(24-23-14)13-6-5-9-25-13/h5-6,9-10H,3-4,7-8,11H2,1-2H3,(H2,18,19,21)(H,22,23,24). The number of guanidine groups is 1. The molecule has 0 unspecified atom stereocenters. The summed E-state index contributed by atoms with van der Waals surface area (Å²) in [6.07, 6.45) is 5.47. The third-order valence-electron chi connectivity index (χ3n) is 3.59. The van der Waals surface area contributed by atoms with Crippen molar-refractivity contribution in [2.45, 2.75) is 33.2 Å². The molecule has 3 N–H and O–H groups in total. The Bertz CT molecular complexity index is 822. The van der Waals surface area contributed by atoms with Crippen LogP contribution in [0, 0.1) is 0 Å². The Labute approximate surface area is 156 Å². The number of thiazole rings is 1. The zero-order chi connectivity index (χ0) is 18.2. The number of H-pyrrole nitrogens is 1. The molecule has 0 atom stereocenters. The molecular weight excluding hydrogens is 350 g/mol. The van der Waals surface area contributed by atoms with Gasteiger partial charge in [0.2, 0.25) is 5.82 Å². The average Bonchev–Trinajstić information content (AvgIpc) is 3.40. The number of aliphatic imine (C=N–C) groups is 1. The van der Waals surface area contributed by atoms with E-state index in [-0.39, 0.29) is 0 Å². The van der Waals surface area contributed by atoms with Gasteiger partial charge in [-0.25, -0.2) is 15.0 Å². The van der Waals surface area contributed by atoms with Crippen LogP contribution in [-0.4, -0.2) is 39.2 Å². The minimum Gasteiger partial charge on any atom is -0.461 e. The molecule has 9 heteroatoms. The summed E-state index contributed by atoms with van der Waals surface area (Å²) < 4.78 is 5.29. The van der Waals surface area contributed by atoms with Crippen LogP contribution in [0.25, 0.3) is 11.6 Å². The number of furan rings is 1. The van der Waals surface area contributed by atoms with Gasteiger partial charge < -0.3 is 15.1 Å². The van der Waals surface area contributed by atoms with E-state index in [1.165, 1.54) is 4.88 Å². The topological polar surface area (TPSA) is 104 Å². The van der Waals surface area contributed by atoms with E-state index >= 15 is 0 Å². The van der Waals surface area contributed by atoms with Crippen molar-refractivity contribution in [1.29, 1.82) is 0 Å². The highest BCUT2D eigenvalue weighted by atomic mass is 32.1. The molecule has 3 rings (SSSR count). The molecule has 8 nitrogen and oxygen atoms in total. The average molecular weight is 373 g/mol. The number of aromatic amines is 1. The van der Waals surface area contributed by atoms with Gasteiger partial charge in [0.1, 0.15) is 12.4 Å². The van der Waals surface area contributed by atoms with Crippen LogP contribution < -0.4 is 10.6 Å². The summed E-state index contributed by atoms with van der Waals surface area (Å²) in [6.45, 7) is 6.15. The molecule has 3 aromatic rings. The van der Waals surface area contributed by atoms with Crippen molar-refractivity contribution < 1.29 is 4.42 Å². The summed E-state index contributed by atoms with van der Waals surface area (Å²) in [5, 5.41) is 14.7. The van der Waals surface area contributed by atoms with Crippen LogP contribution in [0.4, 0.5) is 0 Å². The van der Waals surface area contributed by atoms with Gasteiger partial charge in [0.15, 0.2) is 11.7 Å². The highest BCUT2D eigenvalue weighted by molar-refractivity contribution is 7.11. The van der Waals surface area contributed by atoms with Gasteiger partial charge in [-0.05, 0) is 25.5 Å². The molecule has 0 aromatic carbocycles. The van der Waals surface area contributed by atoms with Crippen LogP contribution in [0.1, 0.15) is 29.6 Å².